The van der Waals surface area contributed by atoms with Crippen molar-refractivity contribution in [3.8, 4) is 0 Å². The third-order valence-electron chi connectivity index (χ3n) is 4.00. The van der Waals surface area contributed by atoms with Gasteiger partial charge >= 0.3 is 0 Å². The van der Waals surface area contributed by atoms with Crippen LogP contribution in [0, 0.1) is 5.92 Å². The number of nitrogens with zero attached hydrogens (tertiary/aromatic N) is 1. The Balaban J connectivity index is 1.73. The molecule has 0 unspecified atom stereocenters. The number of rotatable bonds is 4. The van der Waals surface area contributed by atoms with E-state index in [4.69, 9.17) is 12.2 Å². The van der Waals surface area contributed by atoms with Crippen molar-refractivity contribution in [2.45, 2.75) is 26.3 Å². The van der Waals surface area contributed by atoms with Crippen LogP contribution >= 0.6 is 12.2 Å². The Labute approximate surface area is 129 Å². The first-order chi connectivity index (χ1) is 10.1. The van der Waals surface area contributed by atoms with Crippen LogP contribution in [0.5, 0.6) is 0 Å². The molecule has 4 nitrogen and oxygen atoms in total. The summed E-state index contributed by atoms with van der Waals surface area (Å²) < 4.78 is 0. The molecule has 1 atom stereocenters. The lowest BCUT2D eigenvalue weighted by molar-refractivity contribution is -0.127. The molecule has 1 aromatic carbocycles. The molecule has 0 saturated carbocycles. The molecular weight excluding hydrogens is 282 g/mol. The van der Waals surface area contributed by atoms with Crippen molar-refractivity contribution >= 4 is 34.1 Å². The first-order valence-electron chi connectivity index (χ1n) is 7.25. The fourth-order valence-corrected chi connectivity index (χ4v) is 3.08. The number of thiocarbonyl (C=S) groups is 1. The van der Waals surface area contributed by atoms with Gasteiger partial charge in [0.15, 0.2) is 5.11 Å². The van der Waals surface area contributed by atoms with Crippen molar-refractivity contribution in [3.05, 3.63) is 36.0 Å². The zero-order valence-corrected chi connectivity index (χ0v) is 13.0. The Morgan fingerprint density at radius 1 is 1.33 bits per heavy atom. The monoisotopic (exact) mass is 301 g/mol. The van der Waals surface area contributed by atoms with E-state index in [-0.39, 0.29) is 17.9 Å². The molecule has 0 bridgehead atoms. The molecule has 2 N–H and O–H groups in total. The fourth-order valence-electron chi connectivity index (χ4n) is 2.77. The molecule has 3 rings (SSSR count). The van der Waals surface area contributed by atoms with Crippen LogP contribution in [0.3, 0.4) is 0 Å². The molecule has 1 aliphatic heterocycles. The van der Waals surface area contributed by atoms with E-state index in [0.717, 1.165) is 11.9 Å². The molecule has 21 heavy (non-hydrogen) atoms. The summed E-state index contributed by atoms with van der Waals surface area (Å²) in [4.78, 5) is 17.3. The van der Waals surface area contributed by atoms with Gasteiger partial charge < -0.3 is 10.3 Å². The maximum absolute atomic E-state index is 12.3. The third kappa shape index (κ3) is 2.53. The molecule has 110 valence electrons. The number of benzene rings is 1. The lowest BCUT2D eigenvalue weighted by atomic mass is 10.0. The number of hydrogen-bond acceptors (Lipinski definition) is 2. The van der Waals surface area contributed by atoms with Gasteiger partial charge in [0.2, 0.25) is 0 Å². The SMILES string of the molecule is CC(C)[C@@H]1NC(=S)N(CCc2c[nH]c3ccccc23)C1=O. The van der Waals surface area contributed by atoms with E-state index in [0.29, 0.717) is 11.7 Å². The second kappa shape index (κ2) is 5.48. The highest BCUT2D eigenvalue weighted by atomic mass is 32.1. The molecule has 1 aliphatic rings. The van der Waals surface area contributed by atoms with E-state index in [2.05, 4.69) is 22.4 Å². The Morgan fingerprint density at radius 2 is 2.10 bits per heavy atom. The largest absolute Gasteiger partial charge is 0.361 e. The second-order valence-corrected chi connectivity index (χ2v) is 6.16. The van der Waals surface area contributed by atoms with Crippen LogP contribution in [0.1, 0.15) is 19.4 Å². The van der Waals surface area contributed by atoms with Gasteiger partial charge in [-0.15, -0.1) is 0 Å². The van der Waals surface area contributed by atoms with Gasteiger partial charge in [-0.1, -0.05) is 32.0 Å². The van der Waals surface area contributed by atoms with Crippen molar-refractivity contribution in [1.82, 2.24) is 15.2 Å². The molecular formula is C16H19N3OS. The van der Waals surface area contributed by atoms with Crippen LogP contribution < -0.4 is 5.32 Å². The number of aromatic amines is 1. The number of aromatic nitrogens is 1. The Hall–Kier alpha value is -1.88. The van der Waals surface area contributed by atoms with Gasteiger partial charge in [-0.05, 0) is 36.2 Å². The van der Waals surface area contributed by atoms with Gasteiger partial charge in [-0.3, -0.25) is 9.69 Å². The normalized spacial score (nSPS) is 18.8. The fraction of sp³-hybridized carbons (Fsp3) is 0.375. The maximum atomic E-state index is 12.3. The van der Waals surface area contributed by atoms with Gasteiger partial charge in [0.05, 0.1) is 0 Å². The van der Waals surface area contributed by atoms with Crippen LogP contribution in [0.4, 0.5) is 0 Å². The van der Waals surface area contributed by atoms with Crippen molar-refractivity contribution in [1.29, 1.82) is 0 Å². The average Bonchev–Trinajstić information content (AvgIpc) is 2.99. The van der Waals surface area contributed by atoms with E-state index in [1.54, 1.807) is 4.90 Å². The van der Waals surface area contributed by atoms with Crippen molar-refractivity contribution in [3.63, 3.8) is 0 Å². The van der Waals surface area contributed by atoms with Gasteiger partial charge in [-0.2, -0.15) is 0 Å². The zero-order valence-electron chi connectivity index (χ0n) is 12.2. The quantitative estimate of drug-likeness (QED) is 0.853. The van der Waals surface area contributed by atoms with E-state index < -0.39 is 0 Å². The van der Waals surface area contributed by atoms with Gasteiger partial charge in [0, 0.05) is 23.6 Å². The number of fused-ring (bicyclic) bond motifs is 1. The van der Waals surface area contributed by atoms with Gasteiger partial charge in [-0.25, -0.2) is 0 Å². The van der Waals surface area contributed by atoms with Crippen LogP contribution in [0.15, 0.2) is 30.5 Å². The molecule has 0 spiro atoms. The van der Waals surface area contributed by atoms with Crippen LogP contribution in [-0.4, -0.2) is 33.5 Å². The first kappa shape index (κ1) is 14.1. The highest BCUT2D eigenvalue weighted by Crippen LogP contribution is 2.20. The average molecular weight is 301 g/mol. The van der Waals surface area contributed by atoms with E-state index >= 15 is 0 Å². The zero-order chi connectivity index (χ0) is 15.0. The van der Waals surface area contributed by atoms with Crippen LogP contribution in [0.2, 0.25) is 0 Å². The van der Waals surface area contributed by atoms with Crippen molar-refractivity contribution < 1.29 is 4.79 Å². The number of carbonyl (C=O) groups excluding carboxylic acids is 1. The molecule has 2 heterocycles. The minimum atomic E-state index is -0.180. The lowest BCUT2D eigenvalue weighted by Gasteiger charge is -2.15. The maximum Gasteiger partial charge on any atom is 0.251 e. The first-order valence-corrected chi connectivity index (χ1v) is 7.65. The number of amides is 1. The number of H-pyrrole nitrogens is 1. The molecule has 1 aromatic heterocycles. The van der Waals surface area contributed by atoms with E-state index in [9.17, 15) is 4.79 Å². The van der Waals surface area contributed by atoms with E-state index in [1.165, 1.54) is 10.9 Å². The van der Waals surface area contributed by atoms with Crippen molar-refractivity contribution in [2.75, 3.05) is 6.54 Å². The summed E-state index contributed by atoms with van der Waals surface area (Å²) in [6, 6.07) is 8.02. The summed E-state index contributed by atoms with van der Waals surface area (Å²) in [5.41, 5.74) is 2.34. The number of carbonyl (C=O) groups is 1. The lowest BCUT2D eigenvalue weighted by Crippen LogP contribution is -2.35. The number of para-hydroxylation sites is 1. The molecule has 1 amide bonds. The molecule has 5 heteroatoms. The summed E-state index contributed by atoms with van der Waals surface area (Å²) in [5.74, 6) is 0.336. The predicted octanol–water partition coefficient (Wildman–Crippen LogP) is 2.45. The van der Waals surface area contributed by atoms with Crippen LogP contribution in [0.25, 0.3) is 10.9 Å². The Bertz CT molecular complexity index is 692. The number of hydrogen-bond donors (Lipinski definition) is 2. The summed E-state index contributed by atoms with van der Waals surface area (Å²) in [6.07, 6.45) is 2.81. The Morgan fingerprint density at radius 3 is 2.81 bits per heavy atom. The summed E-state index contributed by atoms with van der Waals surface area (Å²) >= 11 is 5.29. The molecule has 1 saturated heterocycles. The summed E-state index contributed by atoms with van der Waals surface area (Å²) in [7, 11) is 0. The molecule has 1 fully saturated rings. The topological polar surface area (TPSA) is 48.1 Å². The summed E-state index contributed by atoms with van der Waals surface area (Å²) in [5, 5.41) is 4.89. The second-order valence-electron chi connectivity index (χ2n) is 5.77. The summed E-state index contributed by atoms with van der Waals surface area (Å²) in [6.45, 7) is 4.68. The standard InChI is InChI=1S/C16H19N3OS/c1-10(2)14-15(20)19(16(21)18-14)8-7-11-9-17-13-6-4-3-5-12(11)13/h3-6,9-10,14,17H,7-8H2,1-2H3,(H,18,21)/t14-/m0/s1. The third-order valence-corrected chi connectivity index (χ3v) is 4.34. The van der Waals surface area contributed by atoms with Gasteiger partial charge in [0.25, 0.3) is 5.91 Å². The highest BCUT2D eigenvalue weighted by Gasteiger charge is 2.36. The molecule has 0 aliphatic carbocycles. The Kier molecular flexibility index (Phi) is 3.68. The minimum Gasteiger partial charge on any atom is -0.361 e. The van der Waals surface area contributed by atoms with Crippen molar-refractivity contribution in [2.24, 2.45) is 5.92 Å². The predicted molar refractivity (Wildman–Crippen MR) is 88.1 cm³/mol. The smallest absolute Gasteiger partial charge is 0.251 e. The van der Waals surface area contributed by atoms with E-state index in [1.807, 2.05) is 32.2 Å². The molecule has 2 aromatic rings. The number of nitrogens with one attached hydrogen (secondary N) is 2. The minimum absolute atomic E-state index is 0.0924. The highest BCUT2D eigenvalue weighted by molar-refractivity contribution is 7.80. The van der Waals surface area contributed by atoms with Gasteiger partial charge in [0.1, 0.15) is 6.04 Å². The molecule has 0 radical (unpaired) electrons. The van der Waals surface area contributed by atoms with Crippen LogP contribution in [-0.2, 0) is 11.2 Å².